The number of rotatable bonds is 50. The fourth-order valence-corrected chi connectivity index (χ4v) is 9.79. The molecule has 4 amide bonds. The molecule has 2 aliphatic rings. The normalized spacial score (nSPS) is 16.7. The summed E-state index contributed by atoms with van der Waals surface area (Å²) >= 11 is 0. The summed E-state index contributed by atoms with van der Waals surface area (Å²) in [7, 11) is 0. The fourth-order valence-electron chi connectivity index (χ4n) is 9.79. The van der Waals surface area contributed by atoms with Gasteiger partial charge in [-0.25, -0.2) is 0 Å². The number of carbonyl (C=O) groups is 4. The van der Waals surface area contributed by atoms with Gasteiger partial charge in [0.05, 0.1) is 11.8 Å². The second-order valence-corrected chi connectivity index (χ2v) is 20.4. The van der Waals surface area contributed by atoms with E-state index in [4.69, 9.17) is 0 Å². The molecule has 2 rings (SSSR count). The zero-order chi connectivity index (χ0) is 48.1. The summed E-state index contributed by atoms with van der Waals surface area (Å²) < 4.78 is 0. The van der Waals surface area contributed by atoms with Gasteiger partial charge in [-0.05, 0) is 25.7 Å². The molecule has 2 atom stereocenters. The van der Waals surface area contributed by atoms with Gasteiger partial charge in [0.1, 0.15) is 0 Å². The largest absolute Gasteiger partial charge is 0.314 e. The molecule has 0 spiro atoms. The van der Waals surface area contributed by atoms with E-state index in [2.05, 4.69) is 41.9 Å². The van der Waals surface area contributed by atoms with Gasteiger partial charge >= 0.3 is 0 Å². The zero-order valence-corrected chi connectivity index (χ0v) is 44.0. The number of amides is 4. The van der Waals surface area contributed by atoms with E-state index in [0.29, 0.717) is 39.0 Å². The standard InChI is InChI=1S/C58H107N5O4/c1-3-5-7-9-11-13-15-17-19-21-23-24-26-28-30-32-34-36-38-40-42-54-52-56(65)63(58(54)67)50-48-61-46-44-59-43-45-60-47-49-62-55(64)51-53(57(62)66)41-39-37-35-33-31-29-27-25-22-20-18-16-14-12-10-8-6-4-2/h39-42,53-54,59-61H,3-38,43-52H2,1-2H3. The highest BCUT2D eigenvalue weighted by molar-refractivity contribution is 6.05. The zero-order valence-electron chi connectivity index (χ0n) is 44.0. The molecule has 2 unspecified atom stereocenters. The second-order valence-electron chi connectivity index (χ2n) is 20.4. The summed E-state index contributed by atoms with van der Waals surface area (Å²) in [4.78, 5) is 53.7. The first-order chi connectivity index (χ1) is 33.0. The highest BCUT2D eigenvalue weighted by atomic mass is 16.2. The van der Waals surface area contributed by atoms with Gasteiger partial charge in [0.15, 0.2) is 0 Å². The van der Waals surface area contributed by atoms with Crippen LogP contribution in [0.1, 0.15) is 258 Å². The molecule has 0 aromatic rings. The van der Waals surface area contributed by atoms with Gasteiger partial charge in [0.2, 0.25) is 23.6 Å². The molecule has 2 saturated heterocycles. The van der Waals surface area contributed by atoms with Crippen LogP contribution in [0.5, 0.6) is 0 Å². The number of nitrogens with one attached hydrogen (secondary N) is 3. The number of likely N-dealkylation sites (tertiary alicyclic amines) is 2. The average molecular weight is 939 g/mol. The predicted molar refractivity (Wildman–Crippen MR) is 284 cm³/mol. The molecular formula is C58H107N5O4. The third-order valence-electron chi connectivity index (χ3n) is 14.2. The minimum absolute atomic E-state index is 0.0601. The van der Waals surface area contributed by atoms with E-state index in [9.17, 15) is 19.2 Å². The maximum absolute atomic E-state index is 12.9. The Morgan fingerprint density at radius 2 is 0.597 bits per heavy atom. The van der Waals surface area contributed by atoms with E-state index in [1.165, 1.54) is 215 Å². The lowest BCUT2D eigenvalue weighted by Gasteiger charge is -2.15. The van der Waals surface area contributed by atoms with E-state index in [1.807, 2.05) is 12.2 Å². The van der Waals surface area contributed by atoms with Crippen molar-refractivity contribution in [1.82, 2.24) is 25.8 Å². The van der Waals surface area contributed by atoms with Gasteiger partial charge in [-0.1, -0.05) is 244 Å². The number of imide groups is 2. The van der Waals surface area contributed by atoms with Crippen molar-refractivity contribution in [2.24, 2.45) is 11.8 Å². The SMILES string of the molecule is CCCCCCCCCCCCCCCCCCC=CC1CC(=O)N(CCNCCNCCNCCN2C(=O)CC(C=CCCCCCCCCCCCCCCCCCCCC)C2=O)C1=O. The number of allylic oxidation sites excluding steroid dienone is 2. The highest BCUT2D eigenvalue weighted by Gasteiger charge is 2.37. The summed E-state index contributed by atoms with van der Waals surface area (Å²) in [5, 5.41) is 10.1. The molecule has 0 aromatic heterocycles. The number of hydrogen-bond donors (Lipinski definition) is 3. The molecule has 0 bridgehead atoms. The van der Waals surface area contributed by atoms with E-state index >= 15 is 0 Å². The van der Waals surface area contributed by atoms with Crippen molar-refractivity contribution in [3.63, 3.8) is 0 Å². The number of hydrogen-bond acceptors (Lipinski definition) is 7. The van der Waals surface area contributed by atoms with Crippen molar-refractivity contribution in [2.45, 2.75) is 258 Å². The van der Waals surface area contributed by atoms with Gasteiger partial charge < -0.3 is 16.0 Å². The van der Waals surface area contributed by atoms with Crippen LogP contribution in [0.4, 0.5) is 0 Å². The Morgan fingerprint density at radius 3 is 0.866 bits per heavy atom. The molecule has 2 aliphatic heterocycles. The summed E-state index contributed by atoms with van der Waals surface area (Å²) in [5.41, 5.74) is 0. The lowest BCUT2D eigenvalue weighted by atomic mass is 10.0. The third kappa shape index (κ3) is 33.0. The first-order valence-electron chi connectivity index (χ1n) is 29.1. The average Bonchev–Trinajstić information content (AvgIpc) is 3.76. The van der Waals surface area contributed by atoms with Crippen LogP contribution in [0.2, 0.25) is 0 Å². The summed E-state index contributed by atoms with van der Waals surface area (Å²) in [5.74, 6) is -0.863. The third-order valence-corrected chi connectivity index (χ3v) is 14.2. The number of nitrogens with zero attached hydrogens (tertiary/aromatic N) is 2. The summed E-state index contributed by atoms with van der Waals surface area (Å²) in [6, 6.07) is 0. The summed E-state index contributed by atoms with van der Waals surface area (Å²) in [6.07, 6.45) is 57.3. The molecule has 67 heavy (non-hydrogen) atoms. The Balaban J connectivity index is 1.34. The molecule has 2 heterocycles. The Bertz CT molecular complexity index is 1270. The Labute approximate surface area is 413 Å². The molecule has 0 aliphatic carbocycles. The van der Waals surface area contributed by atoms with Crippen LogP contribution < -0.4 is 16.0 Å². The molecule has 0 aromatic carbocycles. The first-order valence-corrected chi connectivity index (χ1v) is 29.1. The molecule has 2 fully saturated rings. The van der Waals surface area contributed by atoms with Crippen molar-refractivity contribution in [3.05, 3.63) is 24.3 Å². The van der Waals surface area contributed by atoms with Crippen LogP contribution in [-0.4, -0.2) is 85.8 Å². The van der Waals surface area contributed by atoms with Crippen molar-refractivity contribution in [1.29, 1.82) is 0 Å². The van der Waals surface area contributed by atoms with Gasteiger partial charge in [-0.15, -0.1) is 0 Å². The van der Waals surface area contributed by atoms with E-state index in [1.54, 1.807) is 0 Å². The number of unbranched alkanes of at least 4 members (excludes halogenated alkanes) is 34. The van der Waals surface area contributed by atoms with Crippen molar-refractivity contribution < 1.29 is 19.2 Å². The smallest absolute Gasteiger partial charge is 0.236 e. The first kappa shape index (κ1) is 60.8. The van der Waals surface area contributed by atoms with Crippen molar-refractivity contribution in [3.8, 4) is 0 Å². The molecule has 0 radical (unpaired) electrons. The predicted octanol–water partition coefficient (Wildman–Crippen LogP) is 13.7. The second kappa shape index (κ2) is 44.8. The minimum atomic E-state index is -0.305. The topological polar surface area (TPSA) is 111 Å². The molecule has 9 heteroatoms. The lowest BCUT2D eigenvalue weighted by molar-refractivity contribution is -0.140. The van der Waals surface area contributed by atoms with Gasteiger partial charge in [-0.3, -0.25) is 29.0 Å². The Kier molecular flexibility index (Phi) is 40.6. The maximum Gasteiger partial charge on any atom is 0.236 e. The maximum atomic E-state index is 12.9. The van der Waals surface area contributed by atoms with E-state index in [-0.39, 0.29) is 35.5 Å². The van der Waals surface area contributed by atoms with E-state index in [0.717, 1.165) is 51.9 Å². The molecule has 388 valence electrons. The van der Waals surface area contributed by atoms with Crippen LogP contribution in [0.15, 0.2) is 24.3 Å². The molecule has 9 nitrogen and oxygen atoms in total. The lowest BCUT2D eigenvalue weighted by Crippen LogP contribution is -2.40. The van der Waals surface area contributed by atoms with Crippen LogP contribution in [0.3, 0.4) is 0 Å². The monoisotopic (exact) mass is 938 g/mol. The quantitative estimate of drug-likeness (QED) is 0.0316. The minimum Gasteiger partial charge on any atom is -0.314 e. The molecular weight excluding hydrogens is 831 g/mol. The molecule has 3 N–H and O–H groups in total. The highest BCUT2D eigenvalue weighted by Crippen LogP contribution is 2.23. The van der Waals surface area contributed by atoms with E-state index < -0.39 is 0 Å². The van der Waals surface area contributed by atoms with Gasteiger partial charge in [0, 0.05) is 65.2 Å². The van der Waals surface area contributed by atoms with Crippen LogP contribution >= 0.6 is 0 Å². The fraction of sp³-hybridized carbons (Fsp3) is 0.862. The van der Waals surface area contributed by atoms with Crippen molar-refractivity contribution >= 4 is 23.6 Å². The van der Waals surface area contributed by atoms with Gasteiger partial charge in [-0.2, -0.15) is 0 Å². The van der Waals surface area contributed by atoms with Crippen LogP contribution in [-0.2, 0) is 19.2 Å². The van der Waals surface area contributed by atoms with Crippen LogP contribution in [0, 0.1) is 11.8 Å². The van der Waals surface area contributed by atoms with Crippen LogP contribution in [0.25, 0.3) is 0 Å². The Morgan fingerprint density at radius 1 is 0.358 bits per heavy atom. The molecule has 0 saturated carbocycles. The summed E-state index contributed by atoms with van der Waals surface area (Å²) in [6.45, 7) is 9.57. The Hall–Kier alpha value is -2.36. The van der Waals surface area contributed by atoms with Crippen molar-refractivity contribution in [2.75, 3.05) is 52.4 Å². The number of carbonyl (C=O) groups excluding carboxylic acids is 4. The van der Waals surface area contributed by atoms with Gasteiger partial charge in [0.25, 0.3) is 0 Å².